The number of methoxy groups -OCH3 is 2. The van der Waals surface area contributed by atoms with E-state index in [0.717, 1.165) is 43.1 Å². The molecule has 2 rings (SSSR count). The Bertz CT molecular complexity index is 470. The van der Waals surface area contributed by atoms with Gasteiger partial charge in [0.25, 0.3) is 0 Å². The summed E-state index contributed by atoms with van der Waals surface area (Å²) in [5.74, 6) is 0.620. The summed E-state index contributed by atoms with van der Waals surface area (Å²) < 4.78 is 10.3. The molecule has 0 radical (unpaired) electrons. The third-order valence-electron chi connectivity index (χ3n) is 3.68. The third-order valence-corrected chi connectivity index (χ3v) is 3.68. The quantitative estimate of drug-likeness (QED) is 0.837. The molecule has 1 N–H and O–H groups in total. The molecular weight excluding hydrogens is 256 g/mol. The number of nitrogens with one attached hydrogen (secondary N) is 1. The predicted octanol–water partition coefficient (Wildman–Crippen LogP) is 1.12. The first-order valence-corrected chi connectivity index (χ1v) is 6.84. The molecule has 0 amide bonds. The fourth-order valence-corrected chi connectivity index (χ4v) is 2.62. The number of hydrogen-bond donors (Lipinski definition) is 1. The second-order valence-electron chi connectivity index (χ2n) is 4.94. The maximum absolute atomic E-state index is 12.2. The van der Waals surface area contributed by atoms with Gasteiger partial charge < -0.3 is 14.8 Å². The molecule has 5 nitrogen and oxygen atoms in total. The van der Waals surface area contributed by atoms with E-state index in [0.29, 0.717) is 0 Å². The van der Waals surface area contributed by atoms with Crippen LogP contribution < -0.4 is 10.1 Å². The Labute approximate surface area is 119 Å². The fraction of sp³-hybridized carbons (Fsp3) is 0.533. The van der Waals surface area contributed by atoms with E-state index in [1.54, 1.807) is 7.11 Å². The van der Waals surface area contributed by atoms with Crippen LogP contribution in [0.4, 0.5) is 0 Å². The van der Waals surface area contributed by atoms with Crippen molar-refractivity contribution in [3.8, 4) is 5.75 Å². The lowest BCUT2D eigenvalue weighted by molar-refractivity contribution is -0.147. The van der Waals surface area contributed by atoms with Gasteiger partial charge in [0.1, 0.15) is 11.8 Å². The smallest absolute Gasteiger partial charge is 0.327 e. The molecule has 1 fully saturated rings. The van der Waals surface area contributed by atoms with Crippen molar-refractivity contribution in [2.24, 2.45) is 0 Å². The minimum atomic E-state index is -0.341. The van der Waals surface area contributed by atoms with E-state index < -0.39 is 0 Å². The molecule has 1 aliphatic heterocycles. The monoisotopic (exact) mass is 278 g/mol. The zero-order valence-corrected chi connectivity index (χ0v) is 12.3. The lowest BCUT2D eigenvalue weighted by atomic mass is 10.0. The molecular formula is C15H22N2O3. The molecule has 0 aliphatic carbocycles. The highest BCUT2D eigenvalue weighted by molar-refractivity contribution is 5.77. The van der Waals surface area contributed by atoms with Gasteiger partial charge in [-0.2, -0.15) is 0 Å². The second kappa shape index (κ2) is 6.72. The summed E-state index contributed by atoms with van der Waals surface area (Å²) in [4.78, 5) is 14.3. The minimum absolute atomic E-state index is 0.212. The summed E-state index contributed by atoms with van der Waals surface area (Å²) in [6.07, 6.45) is 0. The molecule has 1 atom stereocenters. The summed E-state index contributed by atoms with van der Waals surface area (Å²) in [6, 6.07) is 5.51. The highest BCUT2D eigenvalue weighted by Crippen LogP contribution is 2.27. The molecule has 0 saturated carbocycles. The van der Waals surface area contributed by atoms with Gasteiger partial charge in [-0.1, -0.05) is 12.1 Å². The van der Waals surface area contributed by atoms with Gasteiger partial charge in [-0.05, 0) is 24.1 Å². The first kappa shape index (κ1) is 14.8. The van der Waals surface area contributed by atoms with Crippen molar-refractivity contribution in [2.45, 2.75) is 13.0 Å². The molecule has 1 aromatic rings. The van der Waals surface area contributed by atoms with Gasteiger partial charge in [-0.15, -0.1) is 0 Å². The minimum Gasteiger partial charge on any atom is -0.496 e. The fourth-order valence-electron chi connectivity index (χ4n) is 2.62. The van der Waals surface area contributed by atoms with Crippen LogP contribution in [0.5, 0.6) is 5.75 Å². The molecule has 1 aliphatic rings. The largest absolute Gasteiger partial charge is 0.496 e. The van der Waals surface area contributed by atoms with Crippen molar-refractivity contribution >= 4 is 5.97 Å². The molecule has 0 spiro atoms. The van der Waals surface area contributed by atoms with Gasteiger partial charge in [0, 0.05) is 26.2 Å². The van der Waals surface area contributed by atoms with E-state index in [-0.39, 0.29) is 12.0 Å². The number of hydrogen-bond acceptors (Lipinski definition) is 5. The van der Waals surface area contributed by atoms with E-state index in [4.69, 9.17) is 9.47 Å². The summed E-state index contributed by atoms with van der Waals surface area (Å²) in [6.45, 7) is 5.44. The number of ether oxygens (including phenoxy) is 2. The van der Waals surface area contributed by atoms with Crippen molar-refractivity contribution < 1.29 is 14.3 Å². The van der Waals surface area contributed by atoms with Gasteiger partial charge in [-0.3, -0.25) is 4.90 Å². The molecule has 110 valence electrons. The Morgan fingerprint density at radius 1 is 1.30 bits per heavy atom. The van der Waals surface area contributed by atoms with Crippen LogP contribution in [0, 0.1) is 6.92 Å². The van der Waals surface area contributed by atoms with Crippen LogP contribution in [0.1, 0.15) is 17.2 Å². The number of carbonyl (C=O) groups excluding carboxylic acids is 1. The molecule has 1 saturated heterocycles. The van der Waals surface area contributed by atoms with Crippen LogP contribution in [0.2, 0.25) is 0 Å². The highest BCUT2D eigenvalue weighted by atomic mass is 16.5. The van der Waals surface area contributed by atoms with Crippen molar-refractivity contribution in [1.82, 2.24) is 10.2 Å². The van der Waals surface area contributed by atoms with Crippen molar-refractivity contribution in [2.75, 3.05) is 40.4 Å². The van der Waals surface area contributed by atoms with E-state index in [9.17, 15) is 4.79 Å². The average molecular weight is 278 g/mol. The normalized spacial score (nSPS) is 17.6. The zero-order chi connectivity index (χ0) is 14.5. The van der Waals surface area contributed by atoms with Crippen LogP contribution >= 0.6 is 0 Å². The van der Waals surface area contributed by atoms with Gasteiger partial charge in [0.2, 0.25) is 0 Å². The SMILES string of the molecule is COC(=O)C(c1ccc(OC)c(C)c1)N1CCNCC1. The van der Waals surface area contributed by atoms with Gasteiger partial charge >= 0.3 is 5.97 Å². The lowest BCUT2D eigenvalue weighted by Crippen LogP contribution is -2.47. The topological polar surface area (TPSA) is 50.8 Å². The number of rotatable bonds is 4. The summed E-state index contributed by atoms with van der Waals surface area (Å²) in [7, 11) is 3.09. The van der Waals surface area contributed by atoms with Crippen LogP contribution in [-0.2, 0) is 9.53 Å². The number of nitrogens with zero attached hydrogens (tertiary/aromatic N) is 1. The standard InChI is InChI=1S/C15H22N2O3/c1-11-10-12(4-5-13(11)19-2)14(15(18)20-3)17-8-6-16-7-9-17/h4-5,10,14,16H,6-9H2,1-3H3. The lowest BCUT2D eigenvalue weighted by Gasteiger charge is -2.33. The molecule has 1 aromatic carbocycles. The molecule has 0 bridgehead atoms. The summed E-state index contributed by atoms with van der Waals surface area (Å²) >= 11 is 0. The number of esters is 1. The van der Waals surface area contributed by atoms with Gasteiger partial charge in [0.05, 0.1) is 14.2 Å². The van der Waals surface area contributed by atoms with Crippen LogP contribution in [0.15, 0.2) is 18.2 Å². The van der Waals surface area contributed by atoms with Crippen LogP contribution in [0.3, 0.4) is 0 Å². The van der Waals surface area contributed by atoms with E-state index in [1.165, 1.54) is 7.11 Å². The Hall–Kier alpha value is -1.59. The third kappa shape index (κ3) is 3.11. The van der Waals surface area contributed by atoms with Crippen molar-refractivity contribution in [1.29, 1.82) is 0 Å². The Balaban J connectivity index is 2.30. The van der Waals surface area contributed by atoms with Crippen LogP contribution in [0.25, 0.3) is 0 Å². The maximum atomic E-state index is 12.2. The van der Waals surface area contributed by atoms with E-state index >= 15 is 0 Å². The first-order valence-electron chi connectivity index (χ1n) is 6.84. The van der Waals surface area contributed by atoms with Crippen molar-refractivity contribution in [3.05, 3.63) is 29.3 Å². The number of aryl methyl sites for hydroxylation is 1. The molecule has 0 aromatic heterocycles. The molecule has 1 unspecified atom stereocenters. The second-order valence-corrected chi connectivity index (χ2v) is 4.94. The Kier molecular flexibility index (Phi) is 4.98. The maximum Gasteiger partial charge on any atom is 0.327 e. The van der Waals surface area contributed by atoms with E-state index in [2.05, 4.69) is 10.2 Å². The highest BCUT2D eigenvalue weighted by Gasteiger charge is 2.29. The molecule has 5 heteroatoms. The zero-order valence-electron chi connectivity index (χ0n) is 12.3. The summed E-state index contributed by atoms with van der Waals surface area (Å²) in [5, 5.41) is 3.29. The Morgan fingerprint density at radius 2 is 2.00 bits per heavy atom. The predicted molar refractivity (Wildman–Crippen MR) is 76.9 cm³/mol. The molecule has 20 heavy (non-hydrogen) atoms. The number of piperazine rings is 1. The first-order chi connectivity index (χ1) is 9.67. The summed E-state index contributed by atoms with van der Waals surface area (Å²) in [5.41, 5.74) is 1.98. The number of carbonyl (C=O) groups is 1. The van der Waals surface area contributed by atoms with Crippen molar-refractivity contribution in [3.63, 3.8) is 0 Å². The van der Waals surface area contributed by atoms with Crippen LogP contribution in [-0.4, -0.2) is 51.3 Å². The average Bonchev–Trinajstić information content (AvgIpc) is 2.48. The molecule has 1 heterocycles. The van der Waals surface area contributed by atoms with Gasteiger partial charge in [-0.25, -0.2) is 4.79 Å². The van der Waals surface area contributed by atoms with Gasteiger partial charge in [0.15, 0.2) is 0 Å². The Morgan fingerprint density at radius 3 is 2.55 bits per heavy atom. The van der Waals surface area contributed by atoms with E-state index in [1.807, 2.05) is 25.1 Å². The number of benzene rings is 1.